The fraction of sp³-hybridized carbons (Fsp3) is 0.692. The zero-order chi connectivity index (χ0) is 13.0. The topological polar surface area (TPSA) is 64.2 Å². The van der Waals surface area contributed by atoms with Gasteiger partial charge in [0.1, 0.15) is 5.69 Å². The summed E-state index contributed by atoms with van der Waals surface area (Å²) in [6.45, 7) is 1.37. The van der Waals surface area contributed by atoms with Gasteiger partial charge < -0.3 is 10.6 Å². The van der Waals surface area contributed by atoms with E-state index in [9.17, 15) is 4.79 Å². The summed E-state index contributed by atoms with van der Waals surface area (Å²) in [5, 5.41) is 4.21. The molecule has 1 heterocycles. The van der Waals surface area contributed by atoms with Gasteiger partial charge in [-0.15, -0.1) is 0 Å². The number of nitrogens with zero attached hydrogens (tertiary/aromatic N) is 3. The second-order valence-electron chi connectivity index (χ2n) is 4.95. The molecule has 1 saturated carbocycles. The van der Waals surface area contributed by atoms with Crippen molar-refractivity contribution in [1.82, 2.24) is 14.7 Å². The van der Waals surface area contributed by atoms with Crippen LogP contribution in [-0.2, 0) is 7.05 Å². The zero-order valence-electron chi connectivity index (χ0n) is 11.0. The van der Waals surface area contributed by atoms with E-state index in [2.05, 4.69) is 5.10 Å². The number of aryl methyl sites for hydroxylation is 1. The minimum atomic E-state index is 0.0518. The van der Waals surface area contributed by atoms with Gasteiger partial charge in [-0.2, -0.15) is 5.10 Å². The molecule has 1 amide bonds. The van der Waals surface area contributed by atoms with Gasteiger partial charge >= 0.3 is 0 Å². The molecular weight excluding hydrogens is 228 g/mol. The van der Waals surface area contributed by atoms with Gasteiger partial charge in [-0.25, -0.2) is 0 Å². The first kappa shape index (κ1) is 13.1. The van der Waals surface area contributed by atoms with E-state index in [4.69, 9.17) is 5.73 Å². The summed E-state index contributed by atoms with van der Waals surface area (Å²) in [5.74, 6) is 0.0518. The molecule has 100 valence electrons. The van der Waals surface area contributed by atoms with Gasteiger partial charge in [-0.3, -0.25) is 9.48 Å². The molecule has 0 unspecified atom stereocenters. The highest BCUT2D eigenvalue weighted by Gasteiger charge is 2.27. The largest absolute Gasteiger partial charge is 0.334 e. The number of hydrogen-bond acceptors (Lipinski definition) is 3. The fourth-order valence-electron chi connectivity index (χ4n) is 2.60. The predicted octanol–water partition coefficient (Wildman–Crippen LogP) is 1.15. The predicted molar refractivity (Wildman–Crippen MR) is 70.2 cm³/mol. The molecule has 2 N–H and O–H groups in total. The van der Waals surface area contributed by atoms with Crippen LogP contribution in [0.25, 0.3) is 0 Å². The molecule has 18 heavy (non-hydrogen) atoms. The Morgan fingerprint density at radius 1 is 1.56 bits per heavy atom. The first-order valence-corrected chi connectivity index (χ1v) is 6.73. The molecule has 5 heteroatoms. The summed E-state index contributed by atoms with van der Waals surface area (Å²) in [6.07, 6.45) is 7.34. The number of carbonyl (C=O) groups excluding carboxylic acids is 1. The summed E-state index contributed by atoms with van der Waals surface area (Å²) in [4.78, 5) is 14.4. The normalized spacial score (nSPS) is 16.1. The molecule has 1 aromatic heterocycles. The third-order valence-electron chi connectivity index (χ3n) is 3.56. The van der Waals surface area contributed by atoms with Crippen molar-refractivity contribution in [1.29, 1.82) is 0 Å². The highest BCUT2D eigenvalue weighted by atomic mass is 16.2. The molecule has 5 nitrogen and oxygen atoms in total. The quantitative estimate of drug-likeness (QED) is 0.852. The van der Waals surface area contributed by atoms with Crippen molar-refractivity contribution in [3.63, 3.8) is 0 Å². The molecule has 0 aliphatic heterocycles. The lowest BCUT2D eigenvalue weighted by Crippen LogP contribution is -2.40. The average molecular weight is 250 g/mol. The van der Waals surface area contributed by atoms with Gasteiger partial charge in [0.15, 0.2) is 0 Å². The molecule has 2 rings (SSSR count). The summed E-state index contributed by atoms with van der Waals surface area (Å²) >= 11 is 0. The standard InChI is InChI=1S/C13H22N4O/c1-16-10-7-12(15-16)13(18)17(9-4-8-14)11-5-2-3-6-11/h7,10-11H,2-6,8-9,14H2,1H3. The molecule has 0 aromatic carbocycles. The van der Waals surface area contributed by atoms with Crippen LogP contribution in [0.2, 0.25) is 0 Å². The van der Waals surface area contributed by atoms with Crippen molar-refractivity contribution in [2.24, 2.45) is 12.8 Å². The van der Waals surface area contributed by atoms with Crippen LogP contribution in [-0.4, -0.2) is 39.7 Å². The van der Waals surface area contributed by atoms with E-state index in [0.29, 0.717) is 18.3 Å². The maximum absolute atomic E-state index is 12.5. The molecule has 0 bridgehead atoms. The smallest absolute Gasteiger partial charge is 0.274 e. The number of amides is 1. The molecule has 0 spiro atoms. The van der Waals surface area contributed by atoms with Crippen molar-refractivity contribution in [3.8, 4) is 0 Å². The lowest BCUT2D eigenvalue weighted by atomic mass is 10.2. The van der Waals surface area contributed by atoms with E-state index in [1.54, 1.807) is 10.7 Å². The third kappa shape index (κ3) is 2.90. The van der Waals surface area contributed by atoms with Crippen LogP contribution in [0.4, 0.5) is 0 Å². The highest BCUT2D eigenvalue weighted by molar-refractivity contribution is 5.92. The number of rotatable bonds is 5. The molecule has 0 saturated heterocycles. The van der Waals surface area contributed by atoms with Crippen LogP contribution >= 0.6 is 0 Å². The van der Waals surface area contributed by atoms with Crippen LogP contribution < -0.4 is 5.73 Å². The summed E-state index contributed by atoms with van der Waals surface area (Å²) in [7, 11) is 1.83. The van der Waals surface area contributed by atoms with Gasteiger partial charge in [0.2, 0.25) is 0 Å². The lowest BCUT2D eigenvalue weighted by molar-refractivity contribution is 0.0673. The first-order chi connectivity index (χ1) is 8.72. The van der Waals surface area contributed by atoms with E-state index in [-0.39, 0.29) is 5.91 Å². The monoisotopic (exact) mass is 250 g/mol. The molecule has 0 atom stereocenters. The van der Waals surface area contributed by atoms with Crippen LogP contribution in [0, 0.1) is 0 Å². The third-order valence-corrected chi connectivity index (χ3v) is 3.56. The molecule has 1 aliphatic rings. The fourth-order valence-corrected chi connectivity index (χ4v) is 2.60. The first-order valence-electron chi connectivity index (χ1n) is 6.73. The van der Waals surface area contributed by atoms with Gasteiger partial charge in [-0.1, -0.05) is 12.8 Å². The van der Waals surface area contributed by atoms with Gasteiger partial charge in [-0.05, 0) is 31.9 Å². The van der Waals surface area contributed by atoms with Crippen LogP contribution in [0.15, 0.2) is 12.3 Å². The minimum absolute atomic E-state index is 0.0518. The lowest BCUT2D eigenvalue weighted by Gasteiger charge is -2.28. The van der Waals surface area contributed by atoms with Crippen molar-refractivity contribution in [2.45, 2.75) is 38.1 Å². The Balaban J connectivity index is 2.09. The Hall–Kier alpha value is -1.36. The van der Waals surface area contributed by atoms with Gasteiger partial charge in [0.05, 0.1) is 0 Å². The maximum atomic E-state index is 12.5. The van der Waals surface area contributed by atoms with Crippen LogP contribution in [0.1, 0.15) is 42.6 Å². The second kappa shape index (κ2) is 6.00. The van der Waals surface area contributed by atoms with Crippen molar-refractivity contribution in [2.75, 3.05) is 13.1 Å². The summed E-state index contributed by atoms with van der Waals surface area (Å²) in [6, 6.07) is 2.17. The van der Waals surface area contributed by atoms with E-state index in [0.717, 1.165) is 25.8 Å². The molecule has 1 aromatic rings. The Kier molecular flexibility index (Phi) is 4.36. The molecule has 1 fully saturated rings. The number of aromatic nitrogens is 2. The molecular formula is C13H22N4O. The van der Waals surface area contributed by atoms with Crippen molar-refractivity contribution in [3.05, 3.63) is 18.0 Å². The Labute approximate surface area is 108 Å². The number of carbonyl (C=O) groups is 1. The van der Waals surface area contributed by atoms with Crippen LogP contribution in [0.3, 0.4) is 0 Å². The van der Waals surface area contributed by atoms with Crippen molar-refractivity contribution >= 4 is 5.91 Å². The van der Waals surface area contributed by atoms with E-state index in [1.807, 2.05) is 18.1 Å². The Morgan fingerprint density at radius 2 is 2.28 bits per heavy atom. The van der Waals surface area contributed by atoms with Gasteiger partial charge in [0, 0.05) is 25.8 Å². The zero-order valence-corrected chi connectivity index (χ0v) is 11.0. The van der Waals surface area contributed by atoms with Crippen molar-refractivity contribution < 1.29 is 4.79 Å². The number of nitrogens with two attached hydrogens (primary N) is 1. The highest BCUT2D eigenvalue weighted by Crippen LogP contribution is 2.24. The summed E-state index contributed by atoms with van der Waals surface area (Å²) in [5.41, 5.74) is 6.10. The van der Waals surface area contributed by atoms with E-state index >= 15 is 0 Å². The molecule has 0 radical (unpaired) electrons. The van der Waals surface area contributed by atoms with Gasteiger partial charge in [0.25, 0.3) is 5.91 Å². The number of hydrogen-bond donors (Lipinski definition) is 1. The van der Waals surface area contributed by atoms with Crippen LogP contribution in [0.5, 0.6) is 0 Å². The second-order valence-corrected chi connectivity index (χ2v) is 4.95. The summed E-state index contributed by atoms with van der Waals surface area (Å²) < 4.78 is 1.67. The Morgan fingerprint density at radius 3 is 2.83 bits per heavy atom. The minimum Gasteiger partial charge on any atom is -0.334 e. The van der Waals surface area contributed by atoms with E-state index in [1.165, 1.54) is 12.8 Å². The maximum Gasteiger partial charge on any atom is 0.274 e. The average Bonchev–Trinajstić information content (AvgIpc) is 3.00. The molecule has 1 aliphatic carbocycles. The Bertz CT molecular complexity index is 395. The van der Waals surface area contributed by atoms with E-state index < -0.39 is 0 Å². The SMILES string of the molecule is Cn1ccc(C(=O)N(CCCN)C2CCCC2)n1.